The normalized spacial score (nSPS) is 13.7. The van der Waals surface area contributed by atoms with Crippen molar-refractivity contribution >= 4 is 70.2 Å². The highest BCUT2D eigenvalue weighted by molar-refractivity contribution is 5.98. The average molecular weight is 1150 g/mol. The lowest BCUT2D eigenvalue weighted by Gasteiger charge is -2.32. The standard InChI is InChI=1S/C59H75N11O13/c1-7-8-22-44(65-53(77)47(67-58(82)83-59(3,4)5)31-39-33-61-43-23-16-15-21-41(39)43)57(81)70(6)48(32-50(73)74)56(80)66-46(30-37-19-13-10-14-20-37)55(79)69-68-54(78)45(29-36-17-11-9-12-18-36)64-49(72)34-62-51(75)35(2)63-52(76)42(60)28-38-24-26-40(71)27-25-38/h9-21,23-27,33,35,42,44-48,61,71H,7-8,22,28-32,34,60H2,1-6H3,(H,62,75)(H,63,76)(H,64,72)(H,65,77)(H,66,80)(H,67,82)(H,68,78)(H,69,79)(H,73,74)/t35-,42+,44+,45+,46+,47-,48+/m1/s1. The third kappa shape index (κ3) is 20.9. The Bertz CT molecular complexity index is 3040. The Hall–Kier alpha value is -9.32. The number of para-hydroxylation sites is 1. The zero-order valence-electron chi connectivity index (χ0n) is 47.3. The summed E-state index contributed by atoms with van der Waals surface area (Å²) in [6, 6.07) is 21.0. The number of aromatic hydroxyl groups is 1. The van der Waals surface area contributed by atoms with E-state index >= 15 is 0 Å². The number of nitrogens with two attached hydrogens (primary N) is 1. The van der Waals surface area contributed by atoms with Crippen LogP contribution in [0.25, 0.3) is 10.9 Å². The molecule has 5 aromatic rings. The second-order valence-corrected chi connectivity index (χ2v) is 21.0. The molecule has 1 aromatic heterocycles. The fourth-order valence-corrected chi connectivity index (χ4v) is 8.70. The number of hydrogen-bond acceptors (Lipinski definition) is 13. The number of fused-ring (bicyclic) bond motifs is 1. The molecule has 13 N–H and O–H groups in total. The molecule has 0 spiro atoms. The fraction of sp³-hybridized carbons (Fsp3) is 0.390. The molecule has 444 valence electrons. The second-order valence-electron chi connectivity index (χ2n) is 21.0. The van der Waals surface area contributed by atoms with Crippen LogP contribution in [-0.2, 0) is 73.6 Å². The van der Waals surface area contributed by atoms with E-state index in [-0.39, 0.29) is 37.9 Å². The lowest BCUT2D eigenvalue weighted by molar-refractivity contribution is -0.147. The molecule has 0 radical (unpaired) electrons. The minimum Gasteiger partial charge on any atom is -0.508 e. The number of benzene rings is 4. The van der Waals surface area contributed by atoms with Crippen molar-refractivity contribution < 1.29 is 62.9 Å². The molecule has 5 rings (SSSR count). The number of alkyl carbamates (subject to hydrolysis) is 1. The monoisotopic (exact) mass is 1150 g/mol. The molecule has 7 atom stereocenters. The van der Waals surface area contributed by atoms with Crippen molar-refractivity contribution in [3.05, 3.63) is 138 Å². The van der Waals surface area contributed by atoms with Gasteiger partial charge in [0.15, 0.2) is 0 Å². The number of phenols is 1. The molecular weight excluding hydrogens is 1070 g/mol. The molecule has 24 heteroatoms. The summed E-state index contributed by atoms with van der Waals surface area (Å²) >= 11 is 0. The number of ether oxygens (including phenoxy) is 1. The number of carbonyl (C=O) groups is 10. The molecule has 83 heavy (non-hydrogen) atoms. The topological polar surface area (TPSA) is 362 Å². The number of likely N-dealkylation sites (N-methyl/N-ethyl adjacent to an activating group) is 1. The summed E-state index contributed by atoms with van der Waals surface area (Å²) < 4.78 is 5.48. The number of carbonyl (C=O) groups excluding carboxylic acids is 9. The van der Waals surface area contributed by atoms with Gasteiger partial charge in [-0.05, 0) is 81.0 Å². The third-order valence-electron chi connectivity index (χ3n) is 13.1. The highest BCUT2D eigenvalue weighted by Crippen LogP contribution is 2.21. The van der Waals surface area contributed by atoms with Crippen LogP contribution in [0.15, 0.2) is 115 Å². The van der Waals surface area contributed by atoms with Crippen LogP contribution in [0.1, 0.15) is 82.6 Å². The third-order valence-corrected chi connectivity index (χ3v) is 13.1. The number of phenolic OH excluding ortho intramolecular Hbond substituents is 1. The summed E-state index contributed by atoms with van der Waals surface area (Å²) in [6.45, 7) is 7.58. The molecule has 0 unspecified atom stereocenters. The van der Waals surface area contributed by atoms with Crippen LogP contribution in [-0.4, -0.2) is 141 Å². The van der Waals surface area contributed by atoms with Gasteiger partial charge in [0, 0.05) is 43.4 Å². The van der Waals surface area contributed by atoms with Gasteiger partial charge < -0.3 is 62.5 Å². The highest BCUT2D eigenvalue weighted by atomic mass is 16.6. The van der Waals surface area contributed by atoms with Gasteiger partial charge in [0.05, 0.1) is 19.0 Å². The number of aromatic amines is 1. The van der Waals surface area contributed by atoms with Gasteiger partial charge in [0.1, 0.15) is 47.6 Å². The van der Waals surface area contributed by atoms with Crippen LogP contribution in [0.3, 0.4) is 0 Å². The molecular formula is C59H75N11O13. The van der Waals surface area contributed by atoms with Crippen molar-refractivity contribution in [1.29, 1.82) is 0 Å². The first kappa shape index (κ1) is 64.5. The number of nitrogens with one attached hydrogen (secondary N) is 9. The summed E-state index contributed by atoms with van der Waals surface area (Å²) in [6.07, 6.45) is 0.703. The summed E-state index contributed by atoms with van der Waals surface area (Å²) in [5, 5.41) is 35.8. The van der Waals surface area contributed by atoms with Gasteiger partial charge in [0.2, 0.25) is 35.4 Å². The maximum absolute atomic E-state index is 14.5. The van der Waals surface area contributed by atoms with Crippen LogP contribution in [0.5, 0.6) is 5.75 Å². The smallest absolute Gasteiger partial charge is 0.408 e. The average Bonchev–Trinajstić information content (AvgIpc) is 4.17. The van der Waals surface area contributed by atoms with Gasteiger partial charge in [-0.3, -0.25) is 54.0 Å². The van der Waals surface area contributed by atoms with Crippen LogP contribution < -0.4 is 48.5 Å². The van der Waals surface area contributed by atoms with Gasteiger partial charge in [-0.1, -0.05) is 111 Å². The van der Waals surface area contributed by atoms with E-state index in [0.29, 0.717) is 35.1 Å². The first-order valence-corrected chi connectivity index (χ1v) is 27.1. The van der Waals surface area contributed by atoms with Gasteiger partial charge in [-0.25, -0.2) is 4.79 Å². The summed E-state index contributed by atoms with van der Waals surface area (Å²) in [4.78, 5) is 140. The molecule has 1 heterocycles. The van der Waals surface area contributed by atoms with Gasteiger partial charge in [-0.15, -0.1) is 0 Å². The van der Waals surface area contributed by atoms with Crippen molar-refractivity contribution in [3.8, 4) is 5.75 Å². The predicted octanol–water partition coefficient (Wildman–Crippen LogP) is 2.08. The van der Waals surface area contributed by atoms with Crippen molar-refractivity contribution in [3.63, 3.8) is 0 Å². The molecule has 0 bridgehead atoms. The lowest BCUT2D eigenvalue weighted by Crippen LogP contribution is -2.61. The number of H-pyrrole nitrogens is 1. The van der Waals surface area contributed by atoms with E-state index in [4.69, 9.17) is 10.5 Å². The number of amides is 9. The van der Waals surface area contributed by atoms with E-state index in [9.17, 15) is 58.2 Å². The van der Waals surface area contributed by atoms with E-state index in [1.165, 1.54) is 26.1 Å². The summed E-state index contributed by atoms with van der Waals surface area (Å²) in [7, 11) is 1.19. The molecule has 24 nitrogen and oxygen atoms in total. The van der Waals surface area contributed by atoms with Crippen LogP contribution in [0, 0.1) is 0 Å². The number of unbranched alkanes of at least 4 members (excludes halogenated alkanes) is 1. The fourth-order valence-electron chi connectivity index (χ4n) is 8.70. The molecule has 0 saturated heterocycles. The lowest BCUT2D eigenvalue weighted by atomic mass is 10.0. The number of aromatic nitrogens is 1. The molecule has 0 aliphatic carbocycles. The highest BCUT2D eigenvalue weighted by Gasteiger charge is 2.37. The number of aliphatic carboxylic acids is 1. The van der Waals surface area contributed by atoms with Crippen LogP contribution >= 0.6 is 0 Å². The number of rotatable bonds is 28. The van der Waals surface area contributed by atoms with Crippen LogP contribution in [0.2, 0.25) is 0 Å². The molecule has 0 aliphatic rings. The minimum absolute atomic E-state index is 0.0256. The second kappa shape index (κ2) is 31.0. The predicted molar refractivity (Wildman–Crippen MR) is 306 cm³/mol. The Balaban J connectivity index is 1.29. The summed E-state index contributed by atoms with van der Waals surface area (Å²) in [5.41, 5.74) is 13.0. The molecule has 0 aliphatic heterocycles. The molecule has 0 fully saturated rings. The van der Waals surface area contributed by atoms with E-state index in [1.54, 1.807) is 99.8 Å². The number of hydrogen-bond donors (Lipinski definition) is 12. The van der Waals surface area contributed by atoms with E-state index in [1.807, 2.05) is 31.2 Å². The minimum atomic E-state index is -1.76. The number of carboxylic acids is 1. The van der Waals surface area contributed by atoms with Crippen molar-refractivity contribution in [1.82, 2.24) is 52.6 Å². The van der Waals surface area contributed by atoms with Crippen molar-refractivity contribution in [2.24, 2.45) is 5.73 Å². The van der Waals surface area contributed by atoms with Gasteiger partial charge in [0.25, 0.3) is 11.8 Å². The van der Waals surface area contributed by atoms with Crippen molar-refractivity contribution in [2.75, 3.05) is 13.6 Å². The van der Waals surface area contributed by atoms with E-state index in [0.717, 1.165) is 15.8 Å². The Kier molecular flexibility index (Phi) is 24.1. The Labute approximate surface area is 480 Å². The van der Waals surface area contributed by atoms with E-state index in [2.05, 4.69) is 47.7 Å². The number of hydrazine groups is 1. The maximum atomic E-state index is 14.5. The Morgan fingerprint density at radius 2 is 1.17 bits per heavy atom. The maximum Gasteiger partial charge on any atom is 0.408 e. The Morgan fingerprint density at radius 3 is 1.75 bits per heavy atom. The number of carboxylic acid groups (broad SMARTS) is 1. The first-order valence-electron chi connectivity index (χ1n) is 27.1. The largest absolute Gasteiger partial charge is 0.508 e. The first-order chi connectivity index (χ1) is 39.4. The van der Waals surface area contributed by atoms with Gasteiger partial charge in [-0.2, -0.15) is 0 Å². The summed E-state index contributed by atoms with van der Waals surface area (Å²) in [5.74, 6) is -8.23. The SMILES string of the molecule is CCCC[C@H](NC(=O)[C@@H](Cc1c[nH]c2ccccc12)NC(=O)OC(C)(C)C)C(=O)N(C)[C@@H](CC(=O)O)C(=O)N[C@@H](Cc1ccccc1)C(=O)NNC(=O)[C@H](Cc1ccccc1)NC(=O)CNC(=O)[C@@H](C)NC(=O)[C@@H](N)Cc1ccc(O)cc1. The quantitative estimate of drug-likeness (QED) is 0.0319. The zero-order chi connectivity index (χ0) is 60.8. The number of nitrogens with zero attached hydrogens (tertiary/aromatic N) is 1. The van der Waals surface area contributed by atoms with Gasteiger partial charge >= 0.3 is 12.1 Å². The van der Waals surface area contributed by atoms with Crippen molar-refractivity contribution in [2.45, 2.75) is 134 Å². The molecule has 0 saturated carbocycles. The van der Waals surface area contributed by atoms with E-state index < -0.39 is 120 Å². The molecule has 9 amide bonds. The Morgan fingerprint density at radius 1 is 0.627 bits per heavy atom. The molecule has 4 aromatic carbocycles. The van der Waals surface area contributed by atoms with Crippen LogP contribution in [0.4, 0.5) is 4.79 Å². The zero-order valence-corrected chi connectivity index (χ0v) is 47.3.